The van der Waals surface area contributed by atoms with Crippen LogP contribution in [0.15, 0.2) is 17.3 Å². The first-order chi connectivity index (χ1) is 11.0. The van der Waals surface area contributed by atoms with Crippen molar-refractivity contribution in [2.24, 2.45) is 4.99 Å². The van der Waals surface area contributed by atoms with E-state index in [0.717, 1.165) is 12.3 Å². The maximum atomic E-state index is 12.5. The minimum atomic E-state index is -4.48. The summed E-state index contributed by atoms with van der Waals surface area (Å²) >= 11 is 0. The molecular formula is C13H21F3N6O. The van der Waals surface area contributed by atoms with Crippen LogP contribution in [0.2, 0.25) is 0 Å². The zero-order chi connectivity index (χ0) is 17.1. The molecule has 0 aromatic carbocycles. The van der Waals surface area contributed by atoms with Crippen molar-refractivity contribution in [3.05, 3.63) is 18.0 Å². The molecule has 130 valence electrons. The standard InChI is InChI=1S/C13H21F3N6O/c1-3-23-9-8-21-11(17-2)19-6-7-20-12-18-5-4-10(22-12)13(14,15)16/h4-5H,3,6-9H2,1-2H3,(H2,17,19,21)(H,18,20,22). The van der Waals surface area contributed by atoms with Crippen molar-refractivity contribution in [3.63, 3.8) is 0 Å². The predicted molar refractivity (Wildman–Crippen MR) is 81.4 cm³/mol. The van der Waals surface area contributed by atoms with Gasteiger partial charge in [-0.1, -0.05) is 0 Å². The van der Waals surface area contributed by atoms with Crippen LogP contribution in [-0.2, 0) is 10.9 Å². The van der Waals surface area contributed by atoms with E-state index < -0.39 is 11.9 Å². The molecule has 10 heteroatoms. The Hall–Kier alpha value is -2.10. The molecular weight excluding hydrogens is 313 g/mol. The van der Waals surface area contributed by atoms with Crippen molar-refractivity contribution in [2.45, 2.75) is 13.1 Å². The van der Waals surface area contributed by atoms with Gasteiger partial charge in [-0.15, -0.1) is 0 Å². The zero-order valence-electron chi connectivity index (χ0n) is 13.1. The molecule has 1 heterocycles. The van der Waals surface area contributed by atoms with Crippen LogP contribution < -0.4 is 16.0 Å². The average Bonchev–Trinajstić information content (AvgIpc) is 2.53. The molecule has 1 aromatic rings. The monoisotopic (exact) mass is 334 g/mol. The second-order valence-electron chi connectivity index (χ2n) is 4.31. The van der Waals surface area contributed by atoms with Gasteiger partial charge in [0.25, 0.3) is 0 Å². The molecule has 1 aromatic heterocycles. The number of nitrogens with one attached hydrogen (secondary N) is 3. The number of rotatable bonds is 8. The molecule has 0 fully saturated rings. The Morgan fingerprint density at radius 3 is 2.65 bits per heavy atom. The van der Waals surface area contributed by atoms with Gasteiger partial charge < -0.3 is 20.7 Å². The van der Waals surface area contributed by atoms with Gasteiger partial charge in [-0.3, -0.25) is 4.99 Å². The molecule has 3 N–H and O–H groups in total. The van der Waals surface area contributed by atoms with Crippen molar-refractivity contribution in [3.8, 4) is 0 Å². The van der Waals surface area contributed by atoms with Crippen molar-refractivity contribution in [1.82, 2.24) is 20.6 Å². The van der Waals surface area contributed by atoms with Gasteiger partial charge in [-0.05, 0) is 13.0 Å². The van der Waals surface area contributed by atoms with Crippen LogP contribution in [0.25, 0.3) is 0 Å². The molecule has 0 saturated heterocycles. The molecule has 0 spiro atoms. The molecule has 0 aliphatic heterocycles. The highest BCUT2D eigenvalue weighted by molar-refractivity contribution is 5.79. The second-order valence-corrected chi connectivity index (χ2v) is 4.31. The second kappa shape index (κ2) is 9.82. The number of hydrogen-bond donors (Lipinski definition) is 3. The molecule has 0 atom stereocenters. The van der Waals surface area contributed by atoms with E-state index in [-0.39, 0.29) is 5.95 Å². The van der Waals surface area contributed by atoms with E-state index >= 15 is 0 Å². The highest BCUT2D eigenvalue weighted by Gasteiger charge is 2.32. The lowest BCUT2D eigenvalue weighted by Gasteiger charge is -2.12. The van der Waals surface area contributed by atoms with Crippen LogP contribution in [0.3, 0.4) is 0 Å². The summed E-state index contributed by atoms with van der Waals surface area (Å²) in [5.74, 6) is 0.511. The van der Waals surface area contributed by atoms with E-state index in [1.54, 1.807) is 7.05 Å². The molecule has 0 aliphatic rings. The van der Waals surface area contributed by atoms with Crippen LogP contribution in [0.1, 0.15) is 12.6 Å². The van der Waals surface area contributed by atoms with Crippen LogP contribution in [0.4, 0.5) is 19.1 Å². The maximum Gasteiger partial charge on any atom is 0.433 e. The molecule has 23 heavy (non-hydrogen) atoms. The molecule has 7 nitrogen and oxygen atoms in total. The summed E-state index contributed by atoms with van der Waals surface area (Å²) in [4.78, 5) is 11.2. The lowest BCUT2D eigenvalue weighted by molar-refractivity contribution is -0.141. The molecule has 0 radical (unpaired) electrons. The number of ether oxygens (including phenoxy) is 1. The fourth-order valence-electron chi connectivity index (χ4n) is 1.56. The summed E-state index contributed by atoms with van der Waals surface area (Å²) in [6.45, 7) is 4.51. The van der Waals surface area contributed by atoms with Crippen molar-refractivity contribution in [2.75, 3.05) is 45.2 Å². The summed E-state index contributed by atoms with van der Waals surface area (Å²) in [5.41, 5.74) is -0.976. The minimum Gasteiger partial charge on any atom is -0.380 e. The third kappa shape index (κ3) is 7.63. The molecule has 0 amide bonds. The number of aliphatic imine (C=N–C) groups is 1. The first kappa shape index (κ1) is 18.9. The molecule has 0 aliphatic carbocycles. The Bertz CT molecular complexity index is 495. The molecule has 0 unspecified atom stereocenters. The lowest BCUT2D eigenvalue weighted by Crippen LogP contribution is -2.41. The van der Waals surface area contributed by atoms with Crippen molar-refractivity contribution < 1.29 is 17.9 Å². The normalized spacial score (nSPS) is 12.1. The number of alkyl halides is 3. The lowest BCUT2D eigenvalue weighted by atomic mass is 10.4. The van der Waals surface area contributed by atoms with Gasteiger partial charge in [0, 0.05) is 39.5 Å². The van der Waals surface area contributed by atoms with Crippen LogP contribution >= 0.6 is 0 Å². The number of halogens is 3. The van der Waals surface area contributed by atoms with Gasteiger partial charge in [-0.25, -0.2) is 9.97 Å². The number of nitrogens with zero attached hydrogens (tertiary/aromatic N) is 3. The van der Waals surface area contributed by atoms with Crippen molar-refractivity contribution >= 4 is 11.9 Å². The van der Waals surface area contributed by atoms with E-state index in [1.165, 1.54) is 0 Å². The fraction of sp³-hybridized carbons (Fsp3) is 0.615. The number of hydrogen-bond acceptors (Lipinski definition) is 5. The first-order valence-electron chi connectivity index (χ1n) is 7.13. The van der Waals surface area contributed by atoms with E-state index in [2.05, 4.69) is 30.9 Å². The van der Waals surface area contributed by atoms with Gasteiger partial charge in [0.1, 0.15) is 5.69 Å². The predicted octanol–water partition coefficient (Wildman–Crippen LogP) is 1.11. The number of aromatic nitrogens is 2. The summed E-state index contributed by atoms with van der Waals surface area (Å²) in [7, 11) is 1.62. The Balaban J connectivity index is 2.31. The van der Waals surface area contributed by atoms with Crippen LogP contribution in [0.5, 0.6) is 0 Å². The molecule has 0 saturated carbocycles. The highest BCUT2D eigenvalue weighted by atomic mass is 19.4. The average molecular weight is 334 g/mol. The largest absolute Gasteiger partial charge is 0.433 e. The Morgan fingerprint density at radius 1 is 1.26 bits per heavy atom. The smallest absolute Gasteiger partial charge is 0.380 e. The third-order valence-corrected chi connectivity index (χ3v) is 2.61. The number of anilines is 1. The number of guanidine groups is 1. The van der Waals surface area contributed by atoms with E-state index in [1.807, 2.05) is 6.92 Å². The quantitative estimate of drug-likeness (QED) is 0.375. The summed E-state index contributed by atoms with van der Waals surface area (Å²) in [6, 6.07) is 0.827. The van der Waals surface area contributed by atoms with E-state index in [9.17, 15) is 13.2 Å². The van der Waals surface area contributed by atoms with E-state index in [0.29, 0.717) is 38.8 Å². The Kier molecular flexibility index (Phi) is 8.09. The van der Waals surface area contributed by atoms with Gasteiger partial charge >= 0.3 is 6.18 Å². The first-order valence-corrected chi connectivity index (χ1v) is 7.13. The van der Waals surface area contributed by atoms with Crippen LogP contribution in [0, 0.1) is 0 Å². The Morgan fingerprint density at radius 2 is 2.00 bits per heavy atom. The zero-order valence-corrected chi connectivity index (χ0v) is 13.1. The summed E-state index contributed by atoms with van der Waals surface area (Å²) in [6.07, 6.45) is -3.41. The topological polar surface area (TPSA) is 83.5 Å². The fourth-order valence-corrected chi connectivity index (χ4v) is 1.56. The van der Waals surface area contributed by atoms with Gasteiger partial charge in [0.05, 0.1) is 6.61 Å². The van der Waals surface area contributed by atoms with Gasteiger partial charge in [0.15, 0.2) is 5.96 Å². The van der Waals surface area contributed by atoms with E-state index in [4.69, 9.17) is 4.74 Å². The Labute approximate surface area is 132 Å². The highest BCUT2D eigenvalue weighted by Crippen LogP contribution is 2.27. The molecule has 1 rings (SSSR count). The SMILES string of the molecule is CCOCCNC(=NC)NCCNc1nccc(C(F)(F)F)n1. The van der Waals surface area contributed by atoms with Gasteiger partial charge in [-0.2, -0.15) is 13.2 Å². The summed E-state index contributed by atoms with van der Waals surface area (Å²) in [5, 5.41) is 8.76. The maximum absolute atomic E-state index is 12.5. The summed E-state index contributed by atoms with van der Waals surface area (Å²) < 4.78 is 42.7. The van der Waals surface area contributed by atoms with Gasteiger partial charge in [0.2, 0.25) is 5.95 Å². The van der Waals surface area contributed by atoms with Crippen LogP contribution in [-0.4, -0.2) is 55.8 Å². The minimum absolute atomic E-state index is 0.0686. The molecule has 0 bridgehead atoms. The van der Waals surface area contributed by atoms with Crippen molar-refractivity contribution in [1.29, 1.82) is 0 Å². The third-order valence-electron chi connectivity index (χ3n) is 2.61.